The summed E-state index contributed by atoms with van der Waals surface area (Å²) in [6.45, 7) is 0. The zero-order valence-electron chi connectivity index (χ0n) is 17.9. The maximum Gasteiger partial charge on any atom is 0.251 e. The van der Waals surface area contributed by atoms with Crippen LogP contribution in [0.1, 0.15) is 36.0 Å². The Labute approximate surface area is 185 Å². The van der Waals surface area contributed by atoms with Gasteiger partial charge in [-0.05, 0) is 68.0 Å². The second-order valence-electron chi connectivity index (χ2n) is 8.61. The molecule has 3 aromatic rings. The minimum Gasteiger partial charge on any atom is -0.349 e. The van der Waals surface area contributed by atoms with E-state index in [2.05, 4.69) is 10.4 Å². The van der Waals surface area contributed by atoms with Crippen molar-refractivity contribution in [2.45, 2.75) is 31.7 Å². The first-order valence-corrected chi connectivity index (χ1v) is 12.6. The molecule has 0 atom stereocenters. The topological polar surface area (TPSA) is 81.1 Å². The first kappa shape index (κ1) is 22.4. The highest BCUT2D eigenvalue weighted by Crippen LogP contribution is 2.31. The molecule has 1 aromatic heterocycles. The molecule has 0 saturated heterocycles. The van der Waals surface area contributed by atoms with Crippen LogP contribution in [0.4, 0.5) is 8.78 Å². The summed E-state index contributed by atoms with van der Waals surface area (Å²) in [7, 11) is -1.31. The van der Waals surface area contributed by atoms with Crippen molar-refractivity contribution in [1.82, 2.24) is 15.1 Å². The van der Waals surface area contributed by atoms with Gasteiger partial charge in [-0.15, -0.1) is 0 Å². The molecule has 1 saturated carbocycles. The lowest BCUT2D eigenvalue weighted by atomic mass is 9.87. The summed E-state index contributed by atoms with van der Waals surface area (Å²) in [4.78, 5) is 12.6. The number of fused-ring (bicyclic) bond motifs is 1. The number of hydrogen-bond acceptors (Lipinski definition) is 4. The Morgan fingerprint density at radius 3 is 2.50 bits per heavy atom. The van der Waals surface area contributed by atoms with Crippen molar-refractivity contribution in [1.29, 1.82) is 0 Å². The molecule has 1 aliphatic rings. The van der Waals surface area contributed by atoms with Crippen molar-refractivity contribution >= 4 is 26.6 Å². The van der Waals surface area contributed by atoms with Gasteiger partial charge in [-0.25, -0.2) is 17.2 Å². The normalized spacial score (nSPS) is 19.2. The van der Waals surface area contributed by atoms with Crippen LogP contribution in [0.15, 0.2) is 36.4 Å². The van der Waals surface area contributed by atoms with E-state index in [1.54, 1.807) is 17.8 Å². The number of nitrogens with one attached hydrogen (secondary N) is 1. The fourth-order valence-corrected chi connectivity index (χ4v) is 5.65. The summed E-state index contributed by atoms with van der Waals surface area (Å²) in [5.74, 6) is -1.13. The van der Waals surface area contributed by atoms with Crippen molar-refractivity contribution in [2.75, 3.05) is 12.0 Å². The third-order valence-corrected chi connectivity index (χ3v) is 7.10. The molecule has 0 spiro atoms. The highest BCUT2D eigenvalue weighted by atomic mass is 32.2. The zero-order valence-corrected chi connectivity index (χ0v) is 18.8. The van der Waals surface area contributed by atoms with Crippen molar-refractivity contribution in [3.63, 3.8) is 0 Å². The molecule has 2 aromatic carbocycles. The van der Waals surface area contributed by atoms with Crippen molar-refractivity contribution in [3.05, 3.63) is 53.6 Å². The van der Waals surface area contributed by atoms with Gasteiger partial charge in [0.2, 0.25) is 0 Å². The van der Waals surface area contributed by atoms with Crippen LogP contribution in [-0.4, -0.2) is 42.2 Å². The van der Waals surface area contributed by atoms with Crippen LogP contribution >= 0.6 is 0 Å². The number of hydrogen-bond donors (Lipinski definition) is 1. The summed E-state index contributed by atoms with van der Waals surface area (Å²) in [5, 5.41) is 7.75. The second kappa shape index (κ2) is 8.61. The molecule has 6 nitrogen and oxygen atoms in total. The predicted molar refractivity (Wildman–Crippen MR) is 119 cm³/mol. The highest BCUT2D eigenvalue weighted by molar-refractivity contribution is 7.90. The van der Waals surface area contributed by atoms with E-state index >= 15 is 0 Å². The van der Waals surface area contributed by atoms with Gasteiger partial charge >= 0.3 is 0 Å². The molecular formula is C23H25F2N3O3S. The number of nitrogens with zero attached hydrogens (tertiary/aromatic N) is 2. The molecule has 9 heteroatoms. The Kier molecular flexibility index (Phi) is 6.03. The number of halogens is 2. The van der Waals surface area contributed by atoms with E-state index in [9.17, 15) is 22.0 Å². The van der Waals surface area contributed by atoms with Gasteiger partial charge in [-0.1, -0.05) is 0 Å². The fourth-order valence-electron chi connectivity index (χ4n) is 4.46. The number of sulfone groups is 1. The number of carbonyl (C=O) groups excluding carboxylic acids is 1. The van der Waals surface area contributed by atoms with E-state index in [4.69, 9.17) is 0 Å². The van der Waals surface area contributed by atoms with E-state index in [0.29, 0.717) is 29.4 Å². The van der Waals surface area contributed by atoms with Gasteiger partial charge in [0.15, 0.2) is 0 Å². The Hall–Kier alpha value is -2.81. The Balaban J connectivity index is 1.47. The molecule has 0 radical (unpaired) electrons. The number of amides is 1. The molecule has 1 N–H and O–H groups in total. The van der Waals surface area contributed by atoms with Gasteiger partial charge in [-0.2, -0.15) is 5.10 Å². The van der Waals surface area contributed by atoms with Crippen LogP contribution in [0.25, 0.3) is 22.2 Å². The van der Waals surface area contributed by atoms with Crippen LogP contribution in [0, 0.1) is 17.6 Å². The van der Waals surface area contributed by atoms with Gasteiger partial charge < -0.3 is 5.32 Å². The molecule has 1 heterocycles. The number of rotatable bonds is 5. The van der Waals surface area contributed by atoms with Crippen molar-refractivity contribution in [2.24, 2.45) is 13.0 Å². The maximum absolute atomic E-state index is 14.9. The summed E-state index contributed by atoms with van der Waals surface area (Å²) in [6.07, 6.45) is 4.09. The Bertz CT molecular complexity index is 1280. The van der Waals surface area contributed by atoms with Crippen LogP contribution in [0.3, 0.4) is 0 Å². The average Bonchev–Trinajstić information content (AvgIpc) is 3.03. The lowest BCUT2D eigenvalue weighted by Gasteiger charge is -2.28. The Morgan fingerprint density at radius 1 is 1.12 bits per heavy atom. The molecule has 4 rings (SSSR count). The summed E-state index contributed by atoms with van der Waals surface area (Å²) in [6, 6.07) is 8.35. The summed E-state index contributed by atoms with van der Waals surface area (Å²) >= 11 is 0. The average molecular weight is 462 g/mol. The lowest BCUT2D eigenvalue weighted by Crippen LogP contribution is -2.38. The molecule has 1 fully saturated rings. The van der Waals surface area contributed by atoms with E-state index in [1.165, 1.54) is 36.6 Å². The third-order valence-electron chi connectivity index (χ3n) is 6.02. The van der Waals surface area contributed by atoms with Crippen LogP contribution in [0.5, 0.6) is 0 Å². The maximum atomic E-state index is 14.9. The monoisotopic (exact) mass is 461 g/mol. The molecule has 170 valence electrons. The SMILES string of the molecule is Cn1nc(-c2ccc(C(=O)NC3CCC(CS(C)(=O)=O)CC3)cc2F)c2cc(F)ccc21. The first-order valence-electron chi connectivity index (χ1n) is 10.5. The molecule has 1 aliphatic carbocycles. The van der Waals surface area contributed by atoms with Crippen molar-refractivity contribution in [3.8, 4) is 11.3 Å². The number of benzene rings is 2. The fraction of sp³-hybridized carbons (Fsp3) is 0.391. The van der Waals surface area contributed by atoms with E-state index in [-0.39, 0.29) is 34.7 Å². The predicted octanol–water partition coefficient (Wildman–Crippen LogP) is 3.85. The summed E-state index contributed by atoms with van der Waals surface area (Å²) in [5.41, 5.74) is 1.37. The molecule has 0 aliphatic heterocycles. The third kappa shape index (κ3) is 4.82. The molecule has 1 amide bonds. The standard InChI is InChI=1S/C23H25F2N3O3S/c1-28-21-10-6-16(24)12-19(21)22(27-28)18-9-5-15(11-20(18)25)23(29)26-17-7-3-14(4-8-17)13-32(2,30)31/h5-6,9-12,14,17H,3-4,7-8,13H2,1-2H3,(H,26,29). The molecule has 0 unspecified atom stereocenters. The molecule has 32 heavy (non-hydrogen) atoms. The summed E-state index contributed by atoms with van der Waals surface area (Å²) < 4.78 is 53.2. The highest BCUT2D eigenvalue weighted by Gasteiger charge is 2.25. The van der Waals surface area contributed by atoms with Gasteiger partial charge in [0.1, 0.15) is 27.2 Å². The largest absolute Gasteiger partial charge is 0.349 e. The van der Waals surface area contributed by atoms with E-state index in [1.807, 2.05) is 0 Å². The van der Waals surface area contributed by atoms with Gasteiger partial charge in [0.25, 0.3) is 5.91 Å². The minimum atomic E-state index is -3.01. The smallest absolute Gasteiger partial charge is 0.251 e. The van der Waals surface area contributed by atoms with Gasteiger partial charge in [0.05, 0.1) is 11.3 Å². The van der Waals surface area contributed by atoms with E-state index in [0.717, 1.165) is 12.8 Å². The van der Waals surface area contributed by atoms with E-state index < -0.39 is 21.5 Å². The van der Waals surface area contributed by atoms with Crippen LogP contribution < -0.4 is 5.32 Å². The quantitative estimate of drug-likeness (QED) is 0.626. The molecular weight excluding hydrogens is 436 g/mol. The number of carbonyl (C=O) groups is 1. The first-order chi connectivity index (χ1) is 15.1. The second-order valence-corrected chi connectivity index (χ2v) is 10.8. The van der Waals surface area contributed by atoms with Gasteiger partial charge in [0, 0.05) is 35.9 Å². The number of aryl methyl sites for hydroxylation is 1. The molecule has 0 bridgehead atoms. The van der Waals surface area contributed by atoms with Crippen molar-refractivity contribution < 1.29 is 22.0 Å². The van der Waals surface area contributed by atoms with Gasteiger partial charge in [-0.3, -0.25) is 9.48 Å². The zero-order chi connectivity index (χ0) is 23.0. The Morgan fingerprint density at radius 2 is 1.84 bits per heavy atom. The van der Waals surface area contributed by atoms with Crippen LogP contribution in [0.2, 0.25) is 0 Å². The minimum absolute atomic E-state index is 0.0660. The number of aromatic nitrogens is 2. The van der Waals surface area contributed by atoms with Crippen LogP contribution in [-0.2, 0) is 16.9 Å². The lowest BCUT2D eigenvalue weighted by molar-refractivity contribution is 0.0922.